The molecule has 1 aromatic heterocycles. The van der Waals surface area contributed by atoms with Crippen molar-refractivity contribution in [2.75, 3.05) is 18.5 Å². The number of nitrogens with one attached hydrogen (secondary N) is 4. The highest BCUT2D eigenvalue weighted by atomic mass is 19.4. The molecular formula is C19H18F3N5O4. The van der Waals surface area contributed by atoms with Gasteiger partial charge in [0.25, 0.3) is 17.7 Å². The topological polar surface area (TPSA) is 121 Å². The van der Waals surface area contributed by atoms with Crippen LogP contribution in [0.1, 0.15) is 22.8 Å². The number of hydrogen-bond acceptors (Lipinski definition) is 6. The van der Waals surface area contributed by atoms with Crippen molar-refractivity contribution in [3.8, 4) is 0 Å². The number of benzene rings is 1. The van der Waals surface area contributed by atoms with E-state index in [1.54, 1.807) is 0 Å². The second kappa shape index (κ2) is 8.60. The van der Waals surface area contributed by atoms with Crippen molar-refractivity contribution < 1.29 is 32.3 Å². The summed E-state index contributed by atoms with van der Waals surface area (Å²) in [6.45, 7) is 1.67. The van der Waals surface area contributed by atoms with Crippen LogP contribution in [0.15, 0.2) is 42.6 Å². The fraction of sp³-hybridized carbons (Fsp3) is 0.263. The number of ether oxygens (including phenoxy) is 1. The van der Waals surface area contributed by atoms with Crippen LogP contribution in [0, 0.1) is 0 Å². The molecule has 4 N–H and O–H groups in total. The number of nitrogens with zero attached hydrogens (tertiary/aromatic N) is 1. The Kier molecular flexibility index (Phi) is 6.11. The Morgan fingerprint density at radius 3 is 2.52 bits per heavy atom. The summed E-state index contributed by atoms with van der Waals surface area (Å²) < 4.78 is 43.3. The molecule has 0 saturated carbocycles. The minimum Gasteiger partial charge on any atom is -0.354 e. The van der Waals surface area contributed by atoms with Gasteiger partial charge >= 0.3 is 6.18 Å². The molecule has 164 valence electrons. The third-order valence-corrected chi connectivity index (χ3v) is 4.46. The quantitative estimate of drug-likeness (QED) is 0.425. The van der Waals surface area contributed by atoms with Crippen LogP contribution in [0.4, 0.5) is 24.7 Å². The summed E-state index contributed by atoms with van der Waals surface area (Å²) in [6.07, 6.45) is -3.09. The van der Waals surface area contributed by atoms with Gasteiger partial charge in [0.15, 0.2) is 0 Å². The number of hydrogen-bond donors (Lipinski definition) is 4. The average molecular weight is 437 g/mol. The van der Waals surface area contributed by atoms with E-state index in [-0.39, 0.29) is 30.2 Å². The maximum absolute atomic E-state index is 12.7. The normalized spacial score (nSPS) is 18.6. The van der Waals surface area contributed by atoms with Crippen LogP contribution in [0.3, 0.4) is 0 Å². The Labute approximate surface area is 174 Å². The van der Waals surface area contributed by atoms with E-state index < -0.39 is 35.1 Å². The van der Waals surface area contributed by atoms with Gasteiger partial charge in [0, 0.05) is 18.4 Å². The first-order valence-corrected chi connectivity index (χ1v) is 9.03. The predicted octanol–water partition coefficient (Wildman–Crippen LogP) is 1.51. The predicted molar refractivity (Wildman–Crippen MR) is 102 cm³/mol. The highest BCUT2D eigenvalue weighted by Gasteiger charge is 2.44. The van der Waals surface area contributed by atoms with E-state index >= 15 is 0 Å². The van der Waals surface area contributed by atoms with Crippen LogP contribution < -0.4 is 21.5 Å². The van der Waals surface area contributed by atoms with Gasteiger partial charge in [-0.3, -0.25) is 25.2 Å². The lowest BCUT2D eigenvalue weighted by Gasteiger charge is -2.31. The molecule has 31 heavy (non-hydrogen) atoms. The smallest absolute Gasteiger partial charge is 0.354 e. The third kappa shape index (κ3) is 4.91. The molecule has 2 aromatic rings. The molecule has 1 aliphatic heterocycles. The van der Waals surface area contributed by atoms with Gasteiger partial charge in [-0.25, -0.2) is 4.98 Å². The van der Waals surface area contributed by atoms with Gasteiger partial charge in [0.05, 0.1) is 17.7 Å². The summed E-state index contributed by atoms with van der Waals surface area (Å²) in [5.41, 5.74) is 1.95. The zero-order valence-electron chi connectivity index (χ0n) is 16.2. The zero-order chi connectivity index (χ0) is 22.6. The monoisotopic (exact) mass is 437 g/mol. The van der Waals surface area contributed by atoms with Crippen molar-refractivity contribution >= 4 is 29.2 Å². The van der Waals surface area contributed by atoms with Gasteiger partial charge in [-0.05, 0) is 43.3 Å². The van der Waals surface area contributed by atoms with Gasteiger partial charge in [0.2, 0.25) is 5.60 Å². The lowest BCUT2D eigenvalue weighted by molar-refractivity contribution is -0.164. The maximum Gasteiger partial charge on any atom is 0.416 e. The molecule has 1 aliphatic rings. The second-order valence-electron chi connectivity index (χ2n) is 6.65. The summed E-state index contributed by atoms with van der Waals surface area (Å²) >= 11 is 0. The molecule has 0 spiro atoms. The van der Waals surface area contributed by atoms with Crippen LogP contribution in [-0.4, -0.2) is 41.5 Å². The van der Waals surface area contributed by atoms with Crippen molar-refractivity contribution in [3.05, 3.63) is 53.7 Å². The van der Waals surface area contributed by atoms with E-state index in [0.29, 0.717) is 0 Å². The van der Waals surface area contributed by atoms with Gasteiger partial charge in [-0.1, -0.05) is 0 Å². The lowest BCUT2D eigenvalue weighted by Crippen LogP contribution is -2.63. The zero-order valence-corrected chi connectivity index (χ0v) is 16.2. The molecule has 0 bridgehead atoms. The molecule has 3 amide bonds. The van der Waals surface area contributed by atoms with E-state index in [0.717, 1.165) is 12.1 Å². The van der Waals surface area contributed by atoms with E-state index in [2.05, 4.69) is 26.5 Å². The summed E-state index contributed by atoms with van der Waals surface area (Å²) in [4.78, 5) is 40.8. The standard InChI is InChI=1S/C19H18F3N5O4/c1-18(16(29)24-9-10-31-18)17(30)27-26-15(28)13-3-2-8-23-14(13)25-12-6-4-11(5-7-12)19(20,21)22/h2-8H,9-10H2,1H3,(H,23,25)(H,24,29)(H,26,28)(H,27,30). The highest BCUT2D eigenvalue weighted by Crippen LogP contribution is 2.30. The minimum atomic E-state index is -4.47. The molecular weight excluding hydrogens is 419 g/mol. The third-order valence-electron chi connectivity index (χ3n) is 4.46. The molecule has 1 fully saturated rings. The molecule has 0 radical (unpaired) electrons. The SMILES string of the molecule is CC1(C(=O)NNC(=O)c2cccnc2Nc2ccc(C(F)(F)F)cc2)OCCNC1=O. The Morgan fingerprint density at radius 2 is 1.87 bits per heavy atom. The number of carbonyl (C=O) groups is 3. The van der Waals surface area contributed by atoms with Crippen LogP contribution in [0.25, 0.3) is 0 Å². The Hall–Kier alpha value is -3.67. The van der Waals surface area contributed by atoms with Crippen LogP contribution >= 0.6 is 0 Å². The maximum atomic E-state index is 12.7. The Balaban J connectivity index is 1.69. The summed E-state index contributed by atoms with van der Waals surface area (Å²) in [7, 11) is 0. The van der Waals surface area contributed by atoms with Gasteiger partial charge < -0.3 is 15.4 Å². The highest BCUT2D eigenvalue weighted by molar-refractivity contribution is 6.09. The van der Waals surface area contributed by atoms with E-state index in [9.17, 15) is 27.6 Å². The van der Waals surface area contributed by atoms with E-state index in [1.165, 1.54) is 37.4 Å². The van der Waals surface area contributed by atoms with E-state index in [4.69, 9.17) is 4.74 Å². The number of hydrazine groups is 1. The van der Waals surface area contributed by atoms with Crippen molar-refractivity contribution in [1.29, 1.82) is 0 Å². The lowest BCUT2D eigenvalue weighted by atomic mass is 10.0. The van der Waals surface area contributed by atoms with Crippen LogP contribution in [0.2, 0.25) is 0 Å². The number of amides is 3. The Morgan fingerprint density at radius 1 is 1.16 bits per heavy atom. The summed E-state index contributed by atoms with van der Waals surface area (Å²) in [5.74, 6) is -2.24. The second-order valence-corrected chi connectivity index (χ2v) is 6.65. The van der Waals surface area contributed by atoms with Crippen molar-refractivity contribution in [2.24, 2.45) is 0 Å². The molecule has 12 heteroatoms. The number of pyridine rings is 1. The largest absolute Gasteiger partial charge is 0.416 e. The number of anilines is 2. The van der Waals surface area contributed by atoms with Crippen molar-refractivity contribution in [3.63, 3.8) is 0 Å². The van der Waals surface area contributed by atoms with Crippen LogP contribution in [0.5, 0.6) is 0 Å². The van der Waals surface area contributed by atoms with Crippen LogP contribution in [-0.2, 0) is 20.5 Å². The first-order valence-electron chi connectivity index (χ1n) is 9.03. The molecule has 1 saturated heterocycles. The van der Waals surface area contributed by atoms with Crippen molar-refractivity contribution in [2.45, 2.75) is 18.7 Å². The number of alkyl halides is 3. The van der Waals surface area contributed by atoms with Crippen molar-refractivity contribution in [1.82, 2.24) is 21.2 Å². The molecule has 0 aliphatic carbocycles. The summed E-state index contributed by atoms with van der Waals surface area (Å²) in [5, 5.41) is 5.25. The number of aromatic nitrogens is 1. The summed E-state index contributed by atoms with van der Waals surface area (Å²) in [6, 6.07) is 7.03. The fourth-order valence-electron chi connectivity index (χ4n) is 2.69. The number of morpholine rings is 1. The number of halogens is 3. The number of rotatable bonds is 4. The van der Waals surface area contributed by atoms with Gasteiger partial charge in [-0.2, -0.15) is 13.2 Å². The molecule has 3 rings (SSSR count). The molecule has 9 nitrogen and oxygen atoms in total. The van der Waals surface area contributed by atoms with Gasteiger partial charge in [-0.15, -0.1) is 0 Å². The fourth-order valence-corrected chi connectivity index (χ4v) is 2.69. The first-order chi connectivity index (χ1) is 14.6. The van der Waals surface area contributed by atoms with Gasteiger partial charge in [0.1, 0.15) is 5.82 Å². The molecule has 1 aromatic carbocycles. The number of carbonyl (C=O) groups excluding carboxylic acids is 3. The Bertz CT molecular complexity index is 997. The first kappa shape index (κ1) is 22.0. The minimum absolute atomic E-state index is 0.00173. The average Bonchev–Trinajstić information content (AvgIpc) is 2.74. The van der Waals surface area contributed by atoms with E-state index in [1.807, 2.05) is 0 Å². The molecule has 1 atom stereocenters. The molecule has 2 heterocycles. The molecule has 1 unspecified atom stereocenters.